The minimum atomic E-state index is 0.761. The second kappa shape index (κ2) is 6.73. The van der Waals surface area contributed by atoms with E-state index in [0.29, 0.717) is 0 Å². The van der Waals surface area contributed by atoms with E-state index < -0.39 is 0 Å². The van der Waals surface area contributed by atoms with Crippen LogP contribution in [0.4, 0.5) is 0 Å². The maximum Gasteiger partial charge on any atom is 0.0141 e. The Morgan fingerprint density at radius 1 is 1.43 bits per heavy atom. The molecule has 1 N–H and O–H groups in total. The fourth-order valence-corrected chi connectivity index (χ4v) is 2.53. The van der Waals surface area contributed by atoms with Gasteiger partial charge in [0.05, 0.1) is 0 Å². The first-order valence-electron chi connectivity index (χ1n) is 6.02. The van der Waals surface area contributed by atoms with Crippen LogP contribution in [0, 0.1) is 5.92 Å². The average molecular weight is 215 g/mol. The summed E-state index contributed by atoms with van der Waals surface area (Å²) in [6, 6.07) is 0.809. The molecule has 3 unspecified atom stereocenters. The summed E-state index contributed by atoms with van der Waals surface area (Å²) in [6.07, 6.45) is 9.28. The highest BCUT2D eigenvalue weighted by Crippen LogP contribution is 2.26. The van der Waals surface area contributed by atoms with Crippen LogP contribution < -0.4 is 5.32 Å². The molecule has 84 valence electrons. The van der Waals surface area contributed by atoms with E-state index >= 15 is 0 Å². The molecule has 0 aromatic heterocycles. The molecule has 14 heavy (non-hydrogen) atoms. The van der Waals surface area contributed by atoms with E-state index in [0.717, 1.165) is 17.2 Å². The summed E-state index contributed by atoms with van der Waals surface area (Å²) in [4.78, 5) is 0. The molecule has 0 amide bonds. The van der Waals surface area contributed by atoms with Gasteiger partial charge < -0.3 is 5.32 Å². The van der Waals surface area contributed by atoms with Crippen LogP contribution >= 0.6 is 11.8 Å². The predicted molar refractivity (Wildman–Crippen MR) is 67.0 cm³/mol. The maximum atomic E-state index is 3.72. The van der Waals surface area contributed by atoms with Crippen molar-refractivity contribution in [1.82, 2.24) is 5.32 Å². The number of nitrogens with one attached hydrogen (secondary N) is 1. The second-order valence-corrected chi connectivity index (χ2v) is 5.87. The van der Waals surface area contributed by atoms with Crippen molar-refractivity contribution in [2.75, 3.05) is 12.8 Å². The highest BCUT2D eigenvalue weighted by Gasteiger charge is 2.20. The molecule has 2 heteroatoms. The topological polar surface area (TPSA) is 12.0 Å². The first kappa shape index (κ1) is 12.4. The van der Waals surface area contributed by atoms with Gasteiger partial charge in [0.15, 0.2) is 0 Å². The van der Waals surface area contributed by atoms with Crippen LogP contribution in [0.5, 0.6) is 0 Å². The largest absolute Gasteiger partial charge is 0.313 e. The van der Waals surface area contributed by atoms with E-state index in [9.17, 15) is 0 Å². The normalized spacial score (nSPS) is 30.2. The Morgan fingerprint density at radius 2 is 2.21 bits per heavy atom. The average Bonchev–Trinajstić information content (AvgIpc) is 2.26. The van der Waals surface area contributed by atoms with Crippen molar-refractivity contribution >= 4 is 11.8 Å². The van der Waals surface area contributed by atoms with E-state index in [1.54, 1.807) is 0 Å². The van der Waals surface area contributed by atoms with Gasteiger partial charge in [0.1, 0.15) is 0 Å². The molecule has 1 aliphatic rings. The van der Waals surface area contributed by atoms with Gasteiger partial charge in [-0.3, -0.25) is 0 Å². The van der Waals surface area contributed by atoms with Crippen molar-refractivity contribution in [3.8, 4) is 0 Å². The minimum Gasteiger partial charge on any atom is -0.313 e. The standard InChI is InChI=1S/C12H25NS/c1-4-11-6-5-7-12(8-11)13-9-10(2)14-3/h10-13H,4-9H2,1-3H3. The molecule has 0 heterocycles. The van der Waals surface area contributed by atoms with Gasteiger partial charge in [-0.2, -0.15) is 11.8 Å². The van der Waals surface area contributed by atoms with E-state index in [2.05, 4.69) is 25.4 Å². The van der Waals surface area contributed by atoms with Gasteiger partial charge in [-0.15, -0.1) is 0 Å². The summed E-state index contributed by atoms with van der Waals surface area (Å²) in [5, 5.41) is 4.48. The molecule has 1 rings (SSSR count). The number of thioether (sulfide) groups is 1. The molecular formula is C12H25NS. The van der Waals surface area contributed by atoms with E-state index in [1.165, 1.54) is 38.6 Å². The summed E-state index contributed by atoms with van der Waals surface area (Å²) < 4.78 is 0. The number of rotatable bonds is 5. The third kappa shape index (κ3) is 4.22. The molecule has 0 spiro atoms. The predicted octanol–water partition coefficient (Wildman–Crippen LogP) is 3.30. The summed E-state index contributed by atoms with van der Waals surface area (Å²) in [7, 11) is 0. The summed E-state index contributed by atoms with van der Waals surface area (Å²) in [5.41, 5.74) is 0. The lowest BCUT2D eigenvalue weighted by molar-refractivity contribution is 0.280. The zero-order chi connectivity index (χ0) is 10.4. The Kier molecular flexibility index (Phi) is 5.95. The maximum absolute atomic E-state index is 3.72. The molecule has 0 saturated heterocycles. The SMILES string of the molecule is CCC1CCCC(NCC(C)SC)C1. The summed E-state index contributed by atoms with van der Waals surface area (Å²) in [6.45, 7) is 5.82. The van der Waals surface area contributed by atoms with Crippen molar-refractivity contribution < 1.29 is 0 Å². The Balaban J connectivity index is 2.17. The Hall–Kier alpha value is 0.310. The molecular weight excluding hydrogens is 190 g/mol. The fraction of sp³-hybridized carbons (Fsp3) is 1.00. The van der Waals surface area contributed by atoms with Crippen LogP contribution in [0.3, 0.4) is 0 Å². The Bertz CT molecular complexity index is 149. The lowest BCUT2D eigenvalue weighted by Gasteiger charge is -2.29. The molecule has 0 aliphatic heterocycles. The molecule has 0 aromatic rings. The monoisotopic (exact) mass is 215 g/mol. The van der Waals surface area contributed by atoms with Crippen LogP contribution in [0.1, 0.15) is 46.0 Å². The number of hydrogen-bond acceptors (Lipinski definition) is 2. The van der Waals surface area contributed by atoms with Crippen molar-refractivity contribution in [3.05, 3.63) is 0 Å². The van der Waals surface area contributed by atoms with Gasteiger partial charge in [-0.25, -0.2) is 0 Å². The van der Waals surface area contributed by atoms with Crippen molar-refractivity contribution in [1.29, 1.82) is 0 Å². The highest BCUT2D eigenvalue weighted by atomic mass is 32.2. The van der Waals surface area contributed by atoms with Crippen molar-refractivity contribution in [2.45, 2.75) is 57.2 Å². The molecule has 1 aliphatic carbocycles. The van der Waals surface area contributed by atoms with Crippen molar-refractivity contribution in [2.24, 2.45) is 5.92 Å². The molecule has 1 saturated carbocycles. The molecule has 1 fully saturated rings. The van der Waals surface area contributed by atoms with Gasteiger partial charge in [-0.1, -0.05) is 33.1 Å². The zero-order valence-electron chi connectivity index (χ0n) is 9.88. The lowest BCUT2D eigenvalue weighted by atomic mass is 9.84. The van der Waals surface area contributed by atoms with E-state index in [1.807, 2.05) is 11.8 Å². The second-order valence-electron chi connectivity index (χ2n) is 4.59. The highest BCUT2D eigenvalue weighted by molar-refractivity contribution is 7.99. The zero-order valence-corrected chi connectivity index (χ0v) is 10.7. The quantitative estimate of drug-likeness (QED) is 0.755. The first-order chi connectivity index (χ1) is 6.76. The van der Waals surface area contributed by atoms with Gasteiger partial charge in [0.25, 0.3) is 0 Å². The van der Waals surface area contributed by atoms with Crippen molar-refractivity contribution in [3.63, 3.8) is 0 Å². The van der Waals surface area contributed by atoms with E-state index in [-0.39, 0.29) is 0 Å². The van der Waals surface area contributed by atoms with Gasteiger partial charge in [-0.05, 0) is 25.0 Å². The van der Waals surface area contributed by atoms with Crippen LogP contribution in [0.2, 0.25) is 0 Å². The van der Waals surface area contributed by atoms with Gasteiger partial charge in [0.2, 0.25) is 0 Å². The molecule has 1 nitrogen and oxygen atoms in total. The Morgan fingerprint density at radius 3 is 2.86 bits per heavy atom. The first-order valence-corrected chi connectivity index (χ1v) is 7.31. The third-order valence-electron chi connectivity index (χ3n) is 3.46. The fourth-order valence-electron chi connectivity index (χ4n) is 2.26. The smallest absolute Gasteiger partial charge is 0.0141 e. The number of hydrogen-bond donors (Lipinski definition) is 1. The van der Waals surface area contributed by atoms with Crippen LogP contribution in [0.15, 0.2) is 0 Å². The van der Waals surface area contributed by atoms with Crippen LogP contribution in [-0.4, -0.2) is 24.1 Å². The van der Waals surface area contributed by atoms with Gasteiger partial charge >= 0.3 is 0 Å². The molecule has 0 radical (unpaired) electrons. The molecule has 0 aromatic carbocycles. The molecule has 3 atom stereocenters. The van der Waals surface area contributed by atoms with Crippen LogP contribution in [0.25, 0.3) is 0 Å². The minimum absolute atomic E-state index is 0.761. The summed E-state index contributed by atoms with van der Waals surface area (Å²) in [5.74, 6) is 0.992. The molecule has 0 bridgehead atoms. The van der Waals surface area contributed by atoms with Gasteiger partial charge in [0, 0.05) is 17.8 Å². The Labute approximate surface area is 93.4 Å². The lowest BCUT2D eigenvalue weighted by Crippen LogP contribution is -2.37. The van der Waals surface area contributed by atoms with E-state index in [4.69, 9.17) is 0 Å². The summed E-state index contributed by atoms with van der Waals surface area (Å²) >= 11 is 1.96. The van der Waals surface area contributed by atoms with Crippen LogP contribution in [-0.2, 0) is 0 Å². The third-order valence-corrected chi connectivity index (χ3v) is 4.43.